The first-order valence-electron chi connectivity index (χ1n) is 5.90. The number of aromatic nitrogens is 1. The van der Waals surface area contributed by atoms with Crippen LogP contribution in [0.3, 0.4) is 0 Å². The molecule has 0 amide bonds. The molecule has 0 fully saturated rings. The van der Waals surface area contributed by atoms with Crippen molar-refractivity contribution in [3.05, 3.63) is 41.0 Å². The molecule has 0 saturated carbocycles. The van der Waals surface area contributed by atoms with E-state index < -0.39 is 0 Å². The predicted molar refractivity (Wildman–Crippen MR) is 74.3 cm³/mol. The Kier molecular flexibility index (Phi) is 3.92. The molecule has 1 heterocycles. The fourth-order valence-electron chi connectivity index (χ4n) is 1.62. The highest BCUT2D eigenvalue weighted by Gasteiger charge is 2.04. The van der Waals surface area contributed by atoms with Crippen molar-refractivity contribution in [1.82, 2.24) is 10.3 Å². The molecule has 3 heteroatoms. The normalized spacial score (nSPS) is 11.1. The summed E-state index contributed by atoms with van der Waals surface area (Å²) in [6.07, 6.45) is 1.97. The Labute approximate surface area is 107 Å². The lowest BCUT2D eigenvalue weighted by atomic mass is 10.1. The summed E-state index contributed by atoms with van der Waals surface area (Å²) in [5.41, 5.74) is 2.55. The Morgan fingerprint density at radius 2 is 2.18 bits per heavy atom. The van der Waals surface area contributed by atoms with E-state index in [1.165, 1.54) is 16.0 Å². The molecule has 0 saturated heterocycles. The standard InChI is InChI=1S/C14H18N2S/c1-10(2)15-9-14-16-8-13(17-14)12-6-4-5-11(3)7-12/h4-8,10,15H,9H2,1-3H3. The predicted octanol–water partition coefficient (Wildman–Crippen LogP) is 3.62. The molecule has 2 nitrogen and oxygen atoms in total. The Hall–Kier alpha value is -1.19. The fraction of sp³-hybridized carbons (Fsp3) is 0.357. The van der Waals surface area contributed by atoms with Crippen molar-refractivity contribution >= 4 is 11.3 Å². The molecular formula is C14H18N2S. The van der Waals surface area contributed by atoms with E-state index in [0.717, 1.165) is 11.6 Å². The minimum Gasteiger partial charge on any atom is -0.308 e. The second-order valence-electron chi connectivity index (χ2n) is 4.52. The molecule has 0 unspecified atom stereocenters. The van der Waals surface area contributed by atoms with Crippen LogP contribution in [0.1, 0.15) is 24.4 Å². The SMILES string of the molecule is Cc1cccc(-c2cnc(CNC(C)C)s2)c1. The first-order chi connectivity index (χ1) is 8.15. The van der Waals surface area contributed by atoms with E-state index >= 15 is 0 Å². The van der Waals surface area contributed by atoms with Gasteiger partial charge in [-0.25, -0.2) is 4.98 Å². The Bertz CT molecular complexity index is 488. The minimum atomic E-state index is 0.501. The van der Waals surface area contributed by atoms with Crippen LogP contribution in [0.2, 0.25) is 0 Å². The quantitative estimate of drug-likeness (QED) is 0.891. The molecule has 90 valence electrons. The minimum absolute atomic E-state index is 0.501. The van der Waals surface area contributed by atoms with Crippen molar-refractivity contribution in [3.8, 4) is 10.4 Å². The van der Waals surface area contributed by atoms with E-state index in [4.69, 9.17) is 0 Å². The summed E-state index contributed by atoms with van der Waals surface area (Å²) in [5, 5.41) is 4.53. The van der Waals surface area contributed by atoms with Crippen LogP contribution in [-0.2, 0) is 6.54 Å². The summed E-state index contributed by atoms with van der Waals surface area (Å²) >= 11 is 1.76. The number of hydrogen-bond donors (Lipinski definition) is 1. The van der Waals surface area contributed by atoms with Crippen LogP contribution in [0.5, 0.6) is 0 Å². The summed E-state index contributed by atoms with van der Waals surface area (Å²) in [6.45, 7) is 7.27. The van der Waals surface area contributed by atoms with Crippen LogP contribution in [0.4, 0.5) is 0 Å². The van der Waals surface area contributed by atoms with Gasteiger partial charge in [0.1, 0.15) is 5.01 Å². The van der Waals surface area contributed by atoms with Crippen LogP contribution in [-0.4, -0.2) is 11.0 Å². The third kappa shape index (κ3) is 3.38. The van der Waals surface area contributed by atoms with Crippen molar-refractivity contribution in [1.29, 1.82) is 0 Å². The van der Waals surface area contributed by atoms with Crippen LogP contribution in [0.25, 0.3) is 10.4 Å². The summed E-state index contributed by atoms with van der Waals surface area (Å²) in [5.74, 6) is 0. The molecule has 1 aromatic carbocycles. The average Bonchev–Trinajstić information content (AvgIpc) is 2.75. The van der Waals surface area contributed by atoms with E-state index in [2.05, 4.69) is 55.3 Å². The summed E-state index contributed by atoms with van der Waals surface area (Å²) in [6, 6.07) is 9.05. The second-order valence-corrected chi connectivity index (χ2v) is 5.64. The maximum Gasteiger partial charge on any atom is 0.107 e. The summed E-state index contributed by atoms with van der Waals surface area (Å²) < 4.78 is 0. The van der Waals surface area contributed by atoms with Gasteiger partial charge in [0.05, 0.1) is 4.88 Å². The average molecular weight is 246 g/mol. The largest absolute Gasteiger partial charge is 0.308 e. The molecule has 0 radical (unpaired) electrons. The van der Waals surface area contributed by atoms with Crippen LogP contribution >= 0.6 is 11.3 Å². The van der Waals surface area contributed by atoms with E-state index in [-0.39, 0.29) is 0 Å². The van der Waals surface area contributed by atoms with E-state index in [9.17, 15) is 0 Å². The fourth-order valence-corrected chi connectivity index (χ4v) is 2.48. The molecule has 0 bridgehead atoms. The number of hydrogen-bond acceptors (Lipinski definition) is 3. The van der Waals surface area contributed by atoms with Gasteiger partial charge in [0.15, 0.2) is 0 Å². The molecule has 0 aliphatic carbocycles. The zero-order valence-electron chi connectivity index (χ0n) is 10.5. The van der Waals surface area contributed by atoms with Crippen LogP contribution in [0, 0.1) is 6.92 Å². The highest BCUT2D eigenvalue weighted by atomic mass is 32.1. The van der Waals surface area contributed by atoms with Crippen molar-refractivity contribution in [2.24, 2.45) is 0 Å². The maximum atomic E-state index is 4.45. The van der Waals surface area contributed by atoms with Gasteiger partial charge >= 0.3 is 0 Å². The lowest BCUT2D eigenvalue weighted by Gasteiger charge is -2.04. The topological polar surface area (TPSA) is 24.9 Å². The molecule has 0 aliphatic rings. The molecule has 2 rings (SSSR count). The Balaban J connectivity index is 2.12. The summed E-state index contributed by atoms with van der Waals surface area (Å²) in [4.78, 5) is 5.69. The molecule has 17 heavy (non-hydrogen) atoms. The monoisotopic (exact) mass is 246 g/mol. The maximum absolute atomic E-state index is 4.45. The Morgan fingerprint density at radius 3 is 2.88 bits per heavy atom. The van der Waals surface area contributed by atoms with Crippen molar-refractivity contribution < 1.29 is 0 Å². The molecule has 0 spiro atoms. The van der Waals surface area contributed by atoms with Crippen molar-refractivity contribution in [2.75, 3.05) is 0 Å². The van der Waals surface area contributed by atoms with Gasteiger partial charge in [-0.3, -0.25) is 0 Å². The van der Waals surface area contributed by atoms with E-state index in [1.54, 1.807) is 11.3 Å². The number of rotatable bonds is 4. The van der Waals surface area contributed by atoms with Gasteiger partial charge < -0.3 is 5.32 Å². The molecule has 0 atom stereocenters. The molecule has 0 aliphatic heterocycles. The van der Waals surface area contributed by atoms with Gasteiger partial charge in [-0.05, 0) is 12.5 Å². The third-order valence-corrected chi connectivity index (χ3v) is 3.56. The zero-order valence-corrected chi connectivity index (χ0v) is 11.3. The highest BCUT2D eigenvalue weighted by Crippen LogP contribution is 2.26. The van der Waals surface area contributed by atoms with Gasteiger partial charge in [0, 0.05) is 18.8 Å². The number of aryl methyl sites for hydroxylation is 1. The number of benzene rings is 1. The summed E-state index contributed by atoms with van der Waals surface area (Å²) in [7, 11) is 0. The lowest BCUT2D eigenvalue weighted by Crippen LogP contribution is -2.21. The van der Waals surface area contributed by atoms with Crippen molar-refractivity contribution in [3.63, 3.8) is 0 Å². The van der Waals surface area contributed by atoms with Gasteiger partial charge in [0.25, 0.3) is 0 Å². The van der Waals surface area contributed by atoms with Gasteiger partial charge in [-0.2, -0.15) is 0 Å². The first-order valence-corrected chi connectivity index (χ1v) is 6.72. The second kappa shape index (κ2) is 5.43. The number of nitrogens with one attached hydrogen (secondary N) is 1. The van der Waals surface area contributed by atoms with E-state index in [1.807, 2.05) is 6.20 Å². The van der Waals surface area contributed by atoms with E-state index in [0.29, 0.717) is 6.04 Å². The first kappa shape index (κ1) is 12.3. The van der Waals surface area contributed by atoms with Crippen LogP contribution < -0.4 is 5.32 Å². The zero-order chi connectivity index (χ0) is 12.3. The molecule has 1 N–H and O–H groups in total. The molecule has 1 aromatic heterocycles. The number of nitrogens with zero attached hydrogens (tertiary/aromatic N) is 1. The lowest BCUT2D eigenvalue weighted by molar-refractivity contribution is 0.587. The van der Waals surface area contributed by atoms with Gasteiger partial charge in [0.2, 0.25) is 0 Å². The van der Waals surface area contributed by atoms with Gasteiger partial charge in [-0.15, -0.1) is 11.3 Å². The molecule has 2 aromatic rings. The van der Waals surface area contributed by atoms with Crippen LogP contribution in [0.15, 0.2) is 30.5 Å². The van der Waals surface area contributed by atoms with Crippen molar-refractivity contribution in [2.45, 2.75) is 33.4 Å². The molecular weight excluding hydrogens is 228 g/mol. The Morgan fingerprint density at radius 1 is 1.35 bits per heavy atom. The van der Waals surface area contributed by atoms with Gasteiger partial charge in [-0.1, -0.05) is 43.7 Å². The smallest absolute Gasteiger partial charge is 0.107 e. The third-order valence-electron chi connectivity index (χ3n) is 2.52. The number of thiazole rings is 1. The highest BCUT2D eigenvalue weighted by molar-refractivity contribution is 7.15.